The monoisotopic (exact) mass is 586 g/mol. The number of nitro benzene ring substituents is 2. The second-order valence-corrected chi connectivity index (χ2v) is 10.6. The summed E-state index contributed by atoms with van der Waals surface area (Å²) in [5, 5.41) is 31.7. The number of carbonyl (C=O) groups excluding carboxylic acids is 3. The standard InChI is InChI=1S/C26H26N4O10S/c1-14(31)22-20-10-21(41-13-19(27)25(33)39-11-15-2-6-17(7-3-15)29(35)36)23(28(20)24(22)32)26(34)40-12-16-4-8-18(9-5-16)30(37)38/h2-9,14,19-20,22,31H,10-13,27H2,1H3/t14-,19?,20+,22+/m0/s1. The van der Waals surface area contributed by atoms with Crippen LogP contribution in [0, 0.1) is 26.1 Å². The van der Waals surface area contributed by atoms with Crippen LogP contribution in [0.5, 0.6) is 0 Å². The lowest BCUT2D eigenvalue weighted by Crippen LogP contribution is -2.61. The molecule has 2 aromatic rings. The molecule has 14 nitrogen and oxygen atoms in total. The molecule has 3 N–H and O–H groups in total. The molecule has 1 fully saturated rings. The van der Waals surface area contributed by atoms with Gasteiger partial charge >= 0.3 is 11.9 Å². The van der Waals surface area contributed by atoms with Crippen molar-refractivity contribution in [3.05, 3.63) is 90.5 Å². The lowest BCUT2D eigenvalue weighted by molar-refractivity contribution is -0.385. The summed E-state index contributed by atoms with van der Waals surface area (Å²) < 4.78 is 10.6. The average Bonchev–Trinajstić information content (AvgIpc) is 3.27. The highest BCUT2D eigenvalue weighted by molar-refractivity contribution is 8.03. The van der Waals surface area contributed by atoms with Crippen LogP contribution in [-0.2, 0) is 37.1 Å². The van der Waals surface area contributed by atoms with Crippen molar-refractivity contribution in [3.8, 4) is 0 Å². The molecule has 41 heavy (non-hydrogen) atoms. The van der Waals surface area contributed by atoms with Gasteiger partial charge in [-0.25, -0.2) is 4.79 Å². The van der Waals surface area contributed by atoms with Gasteiger partial charge in [0.25, 0.3) is 11.4 Å². The smallest absolute Gasteiger partial charge is 0.356 e. The van der Waals surface area contributed by atoms with Crippen LogP contribution in [0.1, 0.15) is 24.5 Å². The molecule has 0 bridgehead atoms. The molecule has 1 saturated heterocycles. The fourth-order valence-electron chi connectivity index (χ4n) is 4.51. The summed E-state index contributed by atoms with van der Waals surface area (Å²) >= 11 is 1.10. The van der Waals surface area contributed by atoms with E-state index in [1.807, 2.05) is 0 Å². The molecule has 0 aliphatic carbocycles. The zero-order valence-corrected chi connectivity index (χ0v) is 22.5. The average molecular weight is 587 g/mol. The molecular weight excluding hydrogens is 560 g/mol. The number of aliphatic hydroxyl groups excluding tert-OH is 1. The number of amides is 1. The molecule has 1 unspecified atom stereocenters. The van der Waals surface area contributed by atoms with Gasteiger partial charge in [0.15, 0.2) is 0 Å². The summed E-state index contributed by atoms with van der Waals surface area (Å²) in [6.07, 6.45) is -0.666. The Bertz CT molecular complexity index is 1390. The third-order valence-electron chi connectivity index (χ3n) is 6.67. The zero-order valence-electron chi connectivity index (χ0n) is 21.7. The normalized spacial score (nSPS) is 19.2. The zero-order chi connectivity index (χ0) is 29.8. The van der Waals surface area contributed by atoms with Crippen molar-refractivity contribution in [1.29, 1.82) is 0 Å². The molecule has 2 aliphatic heterocycles. The number of hydrogen-bond acceptors (Lipinski definition) is 12. The first-order chi connectivity index (χ1) is 19.5. The Morgan fingerprint density at radius 2 is 1.54 bits per heavy atom. The van der Waals surface area contributed by atoms with Crippen LogP contribution in [0.25, 0.3) is 0 Å². The summed E-state index contributed by atoms with van der Waals surface area (Å²) in [5.74, 6) is -2.61. The van der Waals surface area contributed by atoms with Crippen molar-refractivity contribution in [1.82, 2.24) is 4.90 Å². The number of carbonyl (C=O) groups is 3. The van der Waals surface area contributed by atoms with Crippen molar-refractivity contribution < 1.29 is 38.8 Å². The second kappa shape index (κ2) is 12.4. The SMILES string of the molecule is C[C@H](O)[C@H]1C(=O)N2C(C(=O)OCc3ccc([N+](=O)[O-])cc3)=C(SCC(N)C(=O)OCc3ccc([N+](=O)[O-])cc3)C[C@H]12. The van der Waals surface area contributed by atoms with Gasteiger partial charge in [0, 0.05) is 41.3 Å². The van der Waals surface area contributed by atoms with Gasteiger partial charge in [-0.2, -0.15) is 0 Å². The lowest BCUT2D eigenvalue weighted by Gasteiger charge is -2.44. The molecule has 15 heteroatoms. The van der Waals surface area contributed by atoms with Gasteiger partial charge in [0.1, 0.15) is 25.0 Å². The Kier molecular flexibility index (Phi) is 9.00. The van der Waals surface area contributed by atoms with Crippen LogP contribution < -0.4 is 5.73 Å². The van der Waals surface area contributed by atoms with Crippen molar-refractivity contribution in [2.45, 2.75) is 44.7 Å². The highest BCUT2D eigenvalue weighted by Crippen LogP contribution is 2.47. The topological polar surface area (TPSA) is 205 Å². The molecule has 2 aromatic carbocycles. The predicted molar refractivity (Wildman–Crippen MR) is 144 cm³/mol. The number of β-lactam (4-membered cyclic amide) rings is 1. The van der Waals surface area contributed by atoms with E-state index in [1.165, 1.54) is 60.4 Å². The molecule has 0 aromatic heterocycles. The number of nitrogens with two attached hydrogens (primary N) is 1. The number of thioether (sulfide) groups is 1. The van der Waals surface area contributed by atoms with Gasteiger partial charge in [-0.15, -0.1) is 11.8 Å². The van der Waals surface area contributed by atoms with Crippen LogP contribution in [0.15, 0.2) is 59.1 Å². The van der Waals surface area contributed by atoms with Gasteiger partial charge in [-0.05, 0) is 42.3 Å². The van der Waals surface area contributed by atoms with Gasteiger partial charge in [-0.1, -0.05) is 0 Å². The van der Waals surface area contributed by atoms with E-state index in [0.717, 1.165) is 11.8 Å². The second-order valence-electron chi connectivity index (χ2n) is 9.47. The minimum atomic E-state index is -1.08. The van der Waals surface area contributed by atoms with Gasteiger partial charge < -0.3 is 25.2 Å². The summed E-state index contributed by atoms with van der Waals surface area (Å²) in [6.45, 7) is 1.16. The number of rotatable bonds is 12. The molecule has 0 saturated carbocycles. The number of benzene rings is 2. The first-order valence-electron chi connectivity index (χ1n) is 12.4. The van der Waals surface area contributed by atoms with E-state index < -0.39 is 51.8 Å². The molecule has 2 heterocycles. The van der Waals surface area contributed by atoms with E-state index in [2.05, 4.69) is 0 Å². The minimum absolute atomic E-state index is 0.00950. The number of non-ortho nitro benzene ring substituents is 2. The molecule has 4 atom stereocenters. The maximum Gasteiger partial charge on any atom is 0.356 e. The number of nitro groups is 2. The first-order valence-corrected chi connectivity index (χ1v) is 13.4. The Hall–Kier alpha value is -4.34. The Morgan fingerprint density at radius 3 is 2.02 bits per heavy atom. The van der Waals surface area contributed by atoms with Crippen LogP contribution in [-0.4, -0.2) is 61.6 Å². The van der Waals surface area contributed by atoms with E-state index in [4.69, 9.17) is 15.2 Å². The minimum Gasteiger partial charge on any atom is -0.460 e. The summed E-state index contributed by atoms with van der Waals surface area (Å²) in [4.78, 5) is 60.6. The summed E-state index contributed by atoms with van der Waals surface area (Å²) in [6, 6.07) is 9.44. The van der Waals surface area contributed by atoms with Crippen molar-refractivity contribution in [2.75, 3.05) is 5.75 Å². The molecule has 0 radical (unpaired) electrons. The molecule has 216 valence electrons. The van der Waals surface area contributed by atoms with Crippen LogP contribution in [0.4, 0.5) is 11.4 Å². The Balaban J connectivity index is 1.39. The van der Waals surface area contributed by atoms with Gasteiger partial charge in [-0.3, -0.25) is 29.8 Å². The van der Waals surface area contributed by atoms with E-state index in [9.17, 15) is 39.7 Å². The first kappa shape index (κ1) is 29.6. The van der Waals surface area contributed by atoms with E-state index in [-0.39, 0.29) is 42.5 Å². The third-order valence-corrected chi connectivity index (χ3v) is 7.90. The number of fused-ring (bicyclic) bond motifs is 1. The van der Waals surface area contributed by atoms with Gasteiger partial charge in [0.05, 0.1) is 27.9 Å². The van der Waals surface area contributed by atoms with Crippen LogP contribution in [0.2, 0.25) is 0 Å². The van der Waals surface area contributed by atoms with Crippen molar-refractivity contribution in [3.63, 3.8) is 0 Å². The molecule has 2 aliphatic rings. The number of ether oxygens (including phenoxy) is 2. The summed E-state index contributed by atoms with van der Waals surface area (Å²) in [7, 11) is 0. The quantitative estimate of drug-likeness (QED) is 0.159. The van der Waals surface area contributed by atoms with E-state index >= 15 is 0 Å². The molecule has 0 spiro atoms. The number of nitrogens with zero attached hydrogens (tertiary/aromatic N) is 3. The maximum absolute atomic E-state index is 13.1. The largest absolute Gasteiger partial charge is 0.460 e. The van der Waals surface area contributed by atoms with Crippen LogP contribution in [0.3, 0.4) is 0 Å². The number of esters is 2. The number of aliphatic hydroxyl groups is 1. The van der Waals surface area contributed by atoms with Crippen LogP contribution >= 0.6 is 11.8 Å². The van der Waals surface area contributed by atoms with Crippen molar-refractivity contribution >= 4 is 41.0 Å². The van der Waals surface area contributed by atoms with Crippen molar-refractivity contribution in [2.24, 2.45) is 11.7 Å². The maximum atomic E-state index is 13.1. The van der Waals surface area contributed by atoms with Gasteiger partial charge in [0.2, 0.25) is 5.91 Å². The number of hydrogen-bond donors (Lipinski definition) is 2. The predicted octanol–water partition coefficient (Wildman–Crippen LogP) is 2.17. The fraction of sp³-hybridized carbons (Fsp3) is 0.346. The molecule has 4 rings (SSSR count). The highest BCUT2D eigenvalue weighted by atomic mass is 32.2. The molecule has 1 amide bonds. The Morgan fingerprint density at radius 1 is 1.02 bits per heavy atom. The van der Waals surface area contributed by atoms with E-state index in [0.29, 0.717) is 16.0 Å². The fourth-order valence-corrected chi connectivity index (χ4v) is 5.64. The summed E-state index contributed by atoms with van der Waals surface area (Å²) in [5.41, 5.74) is 6.85. The third kappa shape index (κ3) is 6.53. The highest BCUT2D eigenvalue weighted by Gasteiger charge is 2.57. The lowest BCUT2D eigenvalue weighted by atomic mass is 9.83. The Labute approximate surface area is 237 Å². The molecular formula is C26H26N4O10S. The van der Waals surface area contributed by atoms with E-state index in [1.54, 1.807) is 0 Å².